The predicted molar refractivity (Wildman–Crippen MR) is 106 cm³/mol. The van der Waals surface area contributed by atoms with E-state index in [4.69, 9.17) is 0 Å². The molecule has 0 spiro atoms. The number of nitrogens with zero attached hydrogens (tertiary/aromatic N) is 2. The number of hydrogen-bond acceptors (Lipinski definition) is 4. The summed E-state index contributed by atoms with van der Waals surface area (Å²) < 4.78 is 0. The average Bonchev–Trinajstić information content (AvgIpc) is 2.88. The molecule has 3 aliphatic rings. The van der Waals surface area contributed by atoms with Gasteiger partial charge in [-0.15, -0.1) is 0 Å². The molecule has 2 fully saturated rings. The van der Waals surface area contributed by atoms with Crippen molar-refractivity contribution in [2.75, 3.05) is 43.4 Å². The van der Waals surface area contributed by atoms with Gasteiger partial charge in [0.25, 0.3) is 0 Å². The van der Waals surface area contributed by atoms with Gasteiger partial charge in [-0.25, -0.2) is 4.79 Å². The van der Waals surface area contributed by atoms with Crippen LogP contribution in [0.1, 0.15) is 31.2 Å². The highest BCUT2D eigenvalue weighted by Crippen LogP contribution is 2.26. The first kappa shape index (κ1) is 18.7. The van der Waals surface area contributed by atoms with Crippen molar-refractivity contribution in [3.63, 3.8) is 0 Å². The molecule has 0 aliphatic carbocycles. The molecule has 0 saturated carbocycles. The number of fused-ring (bicyclic) bond motifs is 1. The third-order valence-corrected chi connectivity index (χ3v) is 5.73. The Morgan fingerprint density at radius 3 is 2.89 bits per heavy atom. The van der Waals surface area contributed by atoms with Gasteiger partial charge in [-0.3, -0.25) is 9.59 Å². The number of rotatable bonds is 2. The highest BCUT2D eigenvalue weighted by atomic mass is 16.2. The minimum atomic E-state index is -0.134. The summed E-state index contributed by atoms with van der Waals surface area (Å²) in [5, 5.41) is 8.99. The minimum absolute atomic E-state index is 0.0392. The predicted octanol–water partition coefficient (Wildman–Crippen LogP) is 1.39. The molecule has 2 saturated heterocycles. The molecule has 150 valence electrons. The van der Waals surface area contributed by atoms with E-state index in [9.17, 15) is 14.4 Å². The molecule has 4 amide bonds. The number of piperazine rings is 1. The van der Waals surface area contributed by atoms with Crippen LogP contribution in [0, 0.1) is 0 Å². The van der Waals surface area contributed by atoms with Crippen LogP contribution in [0.5, 0.6) is 0 Å². The number of amides is 4. The average molecular weight is 385 g/mol. The number of nitrogens with one attached hydrogen (secondary N) is 3. The number of hydrogen-bond donors (Lipinski definition) is 3. The quantitative estimate of drug-likeness (QED) is 0.717. The standard InChI is InChI=1S/C20H27N5O3/c26-18-5-1-3-14-11-15(6-7-17(14)23-18)22-20(28)24-9-2-4-16(13-24)25-10-8-21-12-19(25)27/h6-7,11,16,21H,1-5,8-10,12-13H2,(H,22,28)(H,23,26). The summed E-state index contributed by atoms with van der Waals surface area (Å²) in [6, 6.07) is 5.58. The van der Waals surface area contributed by atoms with E-state index in [1.807, 2.05) is 23.1 Å². The lowest BCUT2D eigenvalue weighted by Crippen LogP contribution is -2.57. The molecule has 1 aromatic rings. The lowest BCUT2D eigenvalue weighted by Gasteiger charge is -2.41. The fraction of sp³-hybridized carbons (Fsp3) is 0.550. The minimum Gasteiger partial charge on any atom is -0.336 e. The maximum atomic E-state index is 12.8. The van der Waals surface area contributed by atoms with Crippen LogP contribution in [0.2, 0.25) is 0 Å². The molecule has 3 N–H and O–H groups in total. The van der Waals surface area contributed by atoms with Gasteiger partial charge in [-0.1, -0.05) is 0 Å². The molecule has 8 nitrogen and oxygen atoms in total. The van der Waals surface area contributed by atoms with Crippen molar-refractivity contribution in [1.29, 1.82) is 0 Å². The van der Waals surface area contributed by atoms with Gasteiger partial charge in [0.05, 0.1) is 6.54 Å². The van der Waals surface area contributed by atoms with E-state index in [0.717, 1.165) is 49.2 Å². The van der Waals surface area contributed by atoms with Crippen molar-refractivity contribution in [3.8, 4) is 0 Å². The SMILES string of the molecule is O=C1CCCc2cc(NC(=O)N3CCCC(N4CCNCC4=O)C3)ccc2N1. The van der Waals surface area contributed by atoms with E-state index in [1.54, 1.807) is 4.90 Å². The highest BCUT2D eigenvalue weighted by molar-refractivity contribution is 5.94. The van der Waals surface area contributed by atoms with Crippen molar-refractivity contribution >= 4 is 29.2 Å². The molecule has 1 aromatic carbocycles. The molecular weight excluding hydrogens is 358 g/mol. The maximum Gasteiger partial charge on any atom is 0.321 e. The van der Waals surface area contributed by atoms with Gasteiger partial charge in [0.2, 0.25) is 11.8 Å². The summed E-state index contributed by atoms with van der Waals surface area (Å²) >= 11 is 0. The second kappa shape index (κ2) is 8.18. The van der Waals surface area contributed by atoms with Gasteiger partial charge >= 0.3 is 6.03 Å². The molecule has 1 unspecified atom stereocenters. The van der Waals surface area contributed by atoms with Gasteiger partial charge in [0.15, 0.2) is 0 Å². The molecule has 28 heavy (non-hydrogen) atoms. The normalized spacial score (nSPS) is 22.9. The summed E-state index contributed by atoms with van der Waals surface area (Å²) in [6.07, 6.45) is 3.98. The van der Waals surface area contributed by atoms with E-state index in [2.05, 4.69) is 16.0 Å². The largest absolute Gasteiger partial charge is 0.336 e. The van der Waals surface area contributed by atoms with Crippen LogP contribution in [0.25, 0.3) is 0 Å². The molecule has 0 aromatic heterocycles. The zero-order valence-corrected chi connectivity index (χ0v) is 16.0. The van der Waals surface area contributed by atoms with Gasteiger partial charge in [-0.05, 0) is 49.4 Å². The zero-order chi connectivity index (χ0) is 19.5. The van der Waals surface area contributed by atoms with Gasteiger partial charge in [-0.2, -0.15) is 0 Å². The molecule has 1 atom stereocenters. The van der Waals surface area contributed by atoms with Crippen LogP contribution in [-0.4, -0.2) is 66.4 Å². The summed E-state index contributed by atoms with van der Waals surface area (Å²) in [5.74, 6) is 0.156. The van der Waals surface area contributed by atoms with E-state index < -0.39 is 0 Å². The Kier molecular flexibility index (Phi) is 5.47. The second-order valence-electron chi connectivity index (χ2n) is 7.71. The highest BCUT2D eigenvalue weighted by Gasteiger charge is 2.31. The number of aryl methyl sites for hydroxylation is 1. The number of piperidine rings is 1. The number of benzene rings is 1. The first-order chi connectivity index (χ1) is 13.6. The van der Waals surface area contributed by atoms with Crippen LogP contribution in [-0.2, 0) is 16.0 Å². The third kappa shape index (κ3) is 4.11. The topological polar surface area (TPSA) is 93.8 Å². The summed E-state index contributed by atoms with van der Waals surface area (Å²) in [5.41, 5.74) is 2.61. The Labute approximate surface area is 164 Å². The summed E-state index contributed by atoms with van der Waals surface area (Å²) in [4.78, 5) is 40.4. The summed E-state index contributed by atoms with van der Waals surface area (Å²) in [6.45, 7) is 3.16. The fourth-order valence-corrected chi connectivity index (χ4v) is 4.26. The van der Waals surface area contributed by atoms with E-state index in [0.29, 0.717) is 32.6 Å². The fourth-order valence-electron chi connectivity index (χ4n) is 4.26. The van der Waals surface area contributed by atoms with E-state index in [-0.39, 0.29) is 23.9 Å². The Hall–Kier alpha value is -2.61. The number of likely N-dealkylation sites (tertiary alicyclic amines) is 1. The third-order valence-electron chi connectivity index (χ3n) is 5.73. The molecule has 0 radical (unpaired) electrons. The van der Waals surface area contributed by atoms with E-state index in [1.165, 1.54) is 0 Å². The Balaban J connectivity index is 1.40. The Morgan fingerprint density at radius 1 is 1.14 bits per heavy atom. The van der Waals surface area contributed by atoms with Crippen LogP contribution in [0.15, 0.2) is 18.2 Å². The van der Waals surface area contributed by atoms with Crippen LogP contribution < -0.4 is 16.0 Å². The number of carbonyl (C=O) groups is 3. The molecule has 0 bridgehead atoms. The second-order valence-corrected chi connectivity index (χ2v) is 7.71. The smallest absolute Gasteiger partial charge is 0.321 e. The molecule has 4 rings (SSSR count). The molecular formula is C20H27N5O3. The van der Waals surface area contributed by atoms with Crippen molar-refractivity contribution in [2.24, 2.45) is 0 Å². The Bertz CT molecular complexity index is 781. The first-order valence-electron chi connectivity index (χ1n) is 10.1. The van der Waals surface area contributed by atoms with Crippen molar-refractivity contribution in [2.45, 2.75) is 38.1 Å². The lowest BCUT2D eigenvalue weighted by atomic mass is 10.0. The zero-order valence-electron chi connectivity index (χ0n) is 16.0. The number of anilines is 2. The maximum absolute atomic E-state index is 12.8. The van der Waals surface area contributed by atoms with Gasteiger partial charge in [0.1, 0.15) is 0 Å². The van der Waals surface area contributed by atoms with Gasteiger partial charge < -0.3 is 25.8 Å². The van der Waals surface area contributed by atoms with Gasteiger partial charge in [0, 0.05) is 50.0 Å². The first-order valence-corrected chi connectivity index (χ1v) is 10.1. The van der Waals surface area contributed by atoms with E-state index >= 15 is 0 Å². The van der Waals surface area contributed by atoms with Crippen molar-refractivity contribution < 1.29 is 14.4 Å². The lowest BCUT2D eigenvalue weighted by molar-refractivity contribution is -0.135. The monoisotopic (exact) mass is 385 g/mol. The van der Waals surface area contributed by atoms with Crippen LogP contribution >= 0.6 is 0 Å². The molecule has 3 aliphatic heterocycles. The van der Waals surface area contributed by atoms with Crippen molar-refractivity contribution in [1.82, 2.24) is 15.1 Å². The van der Waals surface area contributed by atoms with Crippen LogP contribution in [0.4, 0.5) is 16.2 Å². The molecule has 3 heterocycles. The van der Waals surface area contributed by atoms with Crippen LogP contribution in [0.3, 0.4) is 0 Å². The number of urea groups is 1. The number of carbonyl (C=O) groups excluding carboxylic acids is 3. The summed E-state index contributed by atoms with van der Waals surface area (Å²) in [7, 11) is 0. The Morgan fingerprint density at radius 2 is 2.04 bits per heavy atom. The molecule has 8 heteroatoms. The van der Waals surface area contributed by atoms with Crippen molar-refractivity contribution in [3.05, 3.63) is 23.8 Å².